The number of nitrogens with one attached hydrogen (secondary N) is 2. The average molecular weight is 409 g/mol. The highest BCUT2D eigenvalue weighted by Crippen LogP contribution is 2.32. The minimum atomic E-state index is -3.87. The first-order valence-corrected chi connectivity index (χ1v) is 9.77. The van der Waals surface area contributed by atoms with E-state index in [-0.39, 0.29) is 33.2 Å². The van der Waals surface area contributed by atoms with Gasteiger partial charge in [-0.1, -0.05) is 36.9 Å². The number of sulfonamides is 1. The molecule has 0 fully saturated rings. The normalized spacial score (nSPS) is 15.3. The van der Waals surface area contributed by atoms with E-state index >= 15 is 0 Å². The Hall–Kier alpha value is -3.90. The van der Waals surface area contributed by atoms with Crippen molar-refractivity contribution in [3.05, 3.63) is 71.8 Å². The van der Waals surface area contributed by atoms with E-state index in [2.05, 4.69) is 16.6 Å². The molecule has 0 spiro atoms. The molecule has 2 aromatic rings. The molecule has 0 bridgehead atoms. The summed E-state index contributed by atoms with van der Waals surface area (Å²) < 4.78 is 31.9. The van der Waals surface area contributed by atoms with Crippen LogP contribution in [-0.2, 0) is 19.6 Å². The minimum Gasteiger partial charge on any atom is -0.421 e. The number of amides is 1. The molecule has 2 aromatic carbocycles. The molecule has 1 aliphatic rings. The summed E-state index contributed by atoms with van der Waals surface area (Å²) in [7, 11) is -3.87. The van der Waals surface area contributed by atoms with Crippen molar-refractivity contribution in [2.24, 2.45) is 0 Å². The summed E-state index contributed by atoms with van der Waals surface area (Å²) in [5, 5.41) is 12.0. The molecule has 8 nitrogen and oxygen atoms in total. The Balaban J connectivity index is 1.98. The molecule has 1 heterocycles. The smallest absolute Gasteiger partial charge is 0.338 e. The van der Waals surface area contributed by atoms with Crippen LogP contribution in [0.25, 0.3) is 5.70 Å². The molecule has 2 N–H and O–H groups in total. The average Bonchev–Trinajstić information content (AvgIpc) is 2.95. The third-order valence-electron chi connectivity index (χ3n) is 3.96. The van der Waals surface area contributed by atoms with Crippen molar-refractivity contribution in [1.82, 2.24) is 4.72 Å². The van der Waals surface area contributed by atoms with Gasteiger partial charge in [0.05, 0.1) is 16.3 Å². The van der Waals surface area contributed by atoms with Crippen LogP contribution in [0.5, 0.6) is 5.75 Å². The van der Waals surface area contributed by atoms with E-state index in [9.17, 15) is 23.3 Å². The largest absolute Gasteiger partial charge is 0.421 e. The number of benzene rings is 2. The van der Waals surface area contributed by atoms with Crippen LogP contribution in [0.1, 0.15) is 12.5 Å². The minimum absolute atomic E-state index is 0.0219. The molecule has 0 atom stereocenters. The summed E-state index contributed by atoms with van der Waals surface area (Å²) in [6.07, 6.45) is 0. The maximum Gasteiger partial charge on any atom is 0.338 e. The molecule has 0 radical (unpaired) electrons. The first-order valence-electron chi connectivity index (χ1n) is 8.29. The van der Waals surface area contributed by atoms with Crippen molar-refractivity contribution in [2.75, 3.05) is 5.32 Å². The number of ether oxygens (including phenoxy) is 1. The van der Waals surface area contributed by atoms with E-state index in [4.69, 9.17) is 4.74 Å². The molecule has 146 valence electrons. The first-order chi connectivity index (χ1) is 13.7. The Kier molecular flexibility index (Phi) is 5.21. The molecule has 1 aliphatic heterocycles. The second kappa shape index (κ2) is 7.61. The Bertz CT molecular complexity index is 1220. The zero-order valence-electron chi connectivity index (χ0n) is 15.2. The van der Waals surface area contributed by atoms with Gasteiger partial charge in [0.1, 0.15) is 11.6 Å². The fourth-order valence-electron chi connectivity index (χ4n) is 2.59. The fourth-order valence-corrected chi connectivity index (χ4v) is 3.90. The molecule has 0 aliphatic carbocycles. The summed E-state index contributed by atoms with van der Waals surface area (Å²) in [4.78, 5) is 24.5. The maximum absolute atomic E-state index is 12.7. The topological polar surface area (TPSA) is 125 Å². The standard InChI is InChI=1S/C20H15N3O5S/c1-12(2)20(25)28-16-9-5-4-8-15(16)22-19(24)14(11-21)18-13-7-3-6-10-17(13)29(26,27)23-18/h3-10,23H,1H2,2H3,(H,22,24). The van der Waals surface area contributed by atoms with Crippen LogP contribution < -0.4 is 14.8 Å². The number of fused-ring (bicyclic) bond motifs is 1. The lowest BCUT2D eigenvalue weighted by Gasteiger charge is -2.11. The molecule has 0 aromatic heterocycles. The molecule has 1 amide bonds. The second-order valence-corrected chi connectivity index (χ2v) is 7.73. The van der Waals surface area contributed by atoms with Crippen molar-refractivity contribution in [3.63, 3.8) is 0 Å². The van der Waals surface area contributed by atoms with Crippen molar-refractivity contribution < 1.29 is 22.7 Å². The van der Waals surface area contributed by atoms with Gasteiger partial charge in [0, 0.05) is 11.1 Å². The van der Waals surface area contributed by atoms with Gasteiger partial charge >= 0.3 is 5.97 Å². The van der Waals surface area contributed by atoms with Crippen LogP contribution in [0.4, 0.5) is 5.69 Å². The van der Waals surface area contributed by atoms with Crippen molar-refractivity contribution >= 4 is 33.3 Å². The van der Waals surface area contributed by atoms with E-state index in [0.717, 1.165) is 0 Å². The van der Waals surface area contributed by atoms with Gasteiger partial charge in [-0.3, -0.25) is 9.52 Å². The Morgan fingerprint density at radius 3 is 2.48 bits per heavy atom. The van der Waals surface area contributed by atoms with Crippen molar-refractivity contribution in [1.29, 1.82) is 5.26 Å². The van der Waals surface area contributed by atoms with Crippen LogP contribution in [0.15, 0.2) is 71.2 Å². The van der Waals surface area contributed by atoms with Crippen LogP contribution in [0.2, 0.25) is 0 Å². The van der Waals surface area contributed by atoms with Crippen LogP contribution in [-0.4, -0.2) is 20.3 Å². The molecule has 0 saturated heterocycles. The fraction of sp³-hybridized carbons (Fsp3) is 0.0500. The second-order valence-electron chi connectivity index (χ2n) is 6.08. The number of hydrogen-bond acceptors (Lipinski definition) is 6. The summed E-state index contributed by atoms with van der Waals surface area (Å²) in [6.45, 7) is 4.97. The number of esters is 1. The number of carbonyl (C=O) groups is 2. The number of para-hydroxylation sites is 2. The third kappa shape index (κ3) is 3.88. The molecule has 3 rings (SSSR count). The highest BCUT2D eigenvalue weighted by molar-refractivity contribution is 7.90. The Morgan fingerprint density at radius 2 is 1.79 bits per heavy atom. The first kappa shape index (κ1) is 19.9. The highest BCUT2D eigenvalue weighted by Gasteiger charge is 2.33. The number of carbonyl (C=O) groups excluding carboxylic acids is 2. The number of nitriles is 1. The number of rotatable bonds is 4. The predicted molar refractivity (Wildman–Crippen MR) is 105 cm³/mol. The maximum atomic E-state index is 12.7. The van der Waals surface area contributed by atoms with Gasteiger partial charge < -0.3 is 10.1 Å². The Morgan fingerprint density at radius 1 is 1.14 bits per heavy atom. The third-order valence-corrected chi connectivity index (χ3v) is 5.37. The molecule has 0 saturated carbocycles. The molecular formula is C20H15N3O5S. The van der Waals surface area contributed by atoms with Gasteiger partial charge in [-0.05, 0) is 25.1 Å². The van der Waals surface area contributed by atoms with Crippen LogP contribution >= 0.6 is 0 Å². The van der Waals surface area contributed by atoms with Crippen molar-refractivity contribution in [3.8, 4) is 11.8 Å². The van der Waals surface area contributed by atoms with E-state index in [1.165, 1.54) is 31.2 Å². The zero-order valence-corrected chi connectivity index (χ0v) is 16.0. The van der Waals surface area contributed by atoms with E-state index in [1.54, 1.807) is 30.3 Å². The van der Waals surface area contributed by atoms with Gasteiger partial charge in [0.2, 0.25) is 0 Å². The van der Waals surface area contributed by atoms with E-state index in [1.807, 2.05) is 0 Å². The summed E-state index contributed by atoms with van der Waals surface area (Å²) >= 11 is 0. The van der Waals surface area contributed by atoms with E-state index < -0.39 is 27.5 Å². The lowest BCUT2D eigenvalue weighted by molar-refractivity contribution is -0.130. The van der Waals surface area contributed by atoms with Gasteiger partial charge in [0.15, 0.2) is 5.75 Å². The van der Waals surface area contributed by atoms with Gasteiger partial charge in [-0.2, -0.15) is 5.26 Å². The highest BCUT2D eigenvalue weighted by atomic mass is 32.2. The predicted octanol–water partition coefficient (Wildman–Crippen LogP) is 2.33. The number of nitrogens with zero attached hydrogens (tertiary/aromatic N) is 1. The van der Waals surface area contributed by atoms with Crippen molar-refractivity contribution in [2.45, 2.75) is 11.8 Å². The summed E-state index contributed by atoms with van der Waals surface area (Å²) in [5.41, 5.74) is -0.0183. The van der Waals surface area contributed by atoms with E-state index in [0.29, 0.717) is 0 Å². The van der Waals surface area contributed by atoms with Gasteiger partial charge in [0.25, 0.3) is 15.9 Å². The molecule has 0 unspecified atom stereocenters. The number of anilines is 1. The lowest BCUT2D eigenvalue weighted by atomic mass is 10.1. The molecule has 29 heavy (non-hydrogen) atoms. The number of hydrogen-bond donors (Lipinski definition) is 2. The Labute approximate surface area is 167 Å². The van der Waals surface area contributed by atoms with Gasteiger partial charge in [-0.15, -0.1) is 0 Å². The zero-order chi connectivity index (χ0) is 21.2. The molecule has 9 heteroatoms. The quantitative estimate of drug-likeness (QED) is 0.346. The summed E-state index contributed by atoms with van der Waals surface area (Å²) in [5.74, 6) is -1.48. The SMILES string of the molecule is C=C(C)C(=O)Oc1ccccc1NC(=O)C(C#N)=C1NS(=O)(=O)c2ccccc21. The van der Waals surface area contributed by atoms with Crippen LogP contribution in [0.3, 0.4) is 0 Å². The van der Waals surface area contributed by atoms with Gasteiger partial charge in [-0.25, -0.2) is 13.2 Å². The molecular weight excluding hydrogens is 394 g/mol. The van der Waals surface area contributed by atoms with Crippen LogP contribution in [0, 0.1) is 11.3 Å². The summed E-state index contributed by atoms with van der Waals surface area (Å²) in [6, 6.07) is 13.9. The monoisotopic (exact) mass is 409 g/mol. The lowest BCUT2D eigenvalue weighted by Crippen LogP contribution is -2.21.